The summed E-state index contributed by atoms with van der Waals surface area (Å²) in [5.74, 6) is 1.83. The van der Waals surface area contributed by atoms with Gasteiger partial charge in [0.1, 0.15) is 11.6 Å². The van der Waals surface area contributed by atoms with Crippen molar-refractivity contribution in [1.82, 2.24) is 15.3 Å². The minimum atomic E-state index is 0.443. The average Bonchev–Trinajstić information content (AvgIpc) is 3.38. The highest BCUT2D eigenvalue weighted by Crippen LogP contribution is 2.30. The molecule has 0 bridgehead atoms. The van der Waals surface area contributed by atoms with Crippen LogP contribution in [-0.4, -0.2) is 34.8 Å². The van der Waals surface area contributed by atoms with Gasteiger partial charge >= 0.3 is 0 Å². The Morgan fingerprint density at radius 1 is 1.21 bits per heavy atom. The first-order chi connectivity index (χ1) is 13.7. The molecule has 1 aliphatic carbocycles. The highest BCUT2D eigenvalue weighted by atomic mass is 32.1. The summed E-state index contributed by atoms with van der Waals surface area (Å²) >= 11 is 5.80. The average molecular weight is 395 g/mol. The Balaban J connectivity index is 1.44. The highest BCUT2D eigenvalue weighted by Gasteiger charge is 2.26. The van der Waals surface area contributed by atoms with E-state index in [9.17, 15) is 0 Å². The van der Waals surface area contributed by atoms with Crippen molar-refractivity contribution in [2.45, 2.75) is 38.1 Å². The van der Waals surface area contributed by atoms with Gasteiger partial charge in [-0.3, -0.25) is 0 Å². The molecule has 146 valence electrons. The second-order valence-corrected chi connectivity index (χ2v) is 7.58. The van der Waals surface area contributed by atoms with Crippen LogP contribution >= 0.6 is 12.2 Å². The van der Waals surface area contributed by atoms with Gasteiger partial charge in [-0.1, -0.05) is 31.0 Å². The first-order valence-electron chi connectivity index (χ1n) is 9.89. The normalized spacial score (nSPS) is 14.3. The van der Waals surface area contributed by atoms with Crippen LogP contribution in [0.4, 0.5) is 5.69 Å². The molecule has 2 N–H and O–H groups in total. The van der Waals surface area contributed by atoms with Gasteiger partial charge in [0.15, 0.2) is 5.11 Å². The lowest BCUT2D eigenvalue weighted by Crippen LogP contribution is -2.46. The summed E-state index contributed by atoms with van der Waals surface area (Å²) in [6.45, 7) is 0.742. The molecule has 1 saturated carbocycles. The molecule has 5 nitrogen and oxygen atoms in total. The van der Waals surface area contributed by atoms with Gasteiger partial charge in [-0.05, 0) is 49.3 Å². The molecule has 0 spiro atoms. The molecule has 0 atom stereocenters. The Morgan fingerprint density at radius 2 is 2.04 bits per heavy atom. The molecular weight excluding hydrogens is 368 g/mol. The number of imidazole rings is 1. The van der Waals surface area contributed by atoms with Gasteiger partial charge in [0, 0.05) is 30.8 Å². The van der Waals surface area contributed by atoms with Crippen LogP contribution in [0.5, 0.6) is 5.75 Å². The summed E-state index contributed by atoms with van der Waals surface area (Å²) in [5, 5.41) is 4.22. The molecule has 1 heterocycles. The Morgan fingerprint density at radius 3 is 2.82 bits per heavy atom. The summed E-state index contributed by atoms with van der Waals surface area (Å²) < 4.78 is 5.41. The fraction of sp³-hybridized carbons (Fsp3) is 0.364. The van der Waals surface area contributed by atoms with E-state index >= 15 is 0 Å². The third-order valence-electron chi connectivity index (χ3n) is 5.32. The van der Waals surface area contributed by atoms with Crippen LogP contribution in [0.25, 0.3) is 11.0 Å². The minimum Gasteiger partial charge on any atom is -0.497 e. The molecule has 0 radical (unpaired) electrons. The van der Waals surface area contributed by atoms with E-state index < -0.39 is 0 Å². The van der Waals surface area contributed by atoms with E-state index in [2.05, 4.69) is 38.4 Å². The van der Waals surface area contributed by atoms with Gasteiger partial charge in [0.2, 0.25) is 0 Å². The van der Waals surface area contributed by atoms with Crippen LogP contribution in [0.3, 0.4) is 0 Å². The topological polar surface area (TPSA) is 53.2 Å². The van der Waals surface area contributed by atoms with Crippen molar-refractivity contribution in [2.75, 3.05) is 18.6 Å². The Bertz CT molecular complexity index is 915. The quantitative estimate of drug-likeness (QED) is 0.606. The maximum absolute atomic E-state index is 5.80. The molecule has 6 heteroatoms. The Labute approximate surface area is 171 Å². The maximum atomic E-state index is 5.80. The zero-order valence-electron chi connectivity index (χ0n) is 16.1. The first kappa shape index (κ1) is 18.7. The van der Waals surface area contributed by atoms with E-state index in [0.717, 1.165) is 46.4 Å². The summed E-state index contributed by atoms with van der Waals surface area (Å²) in [6, 6.07) is 16.7. The lowest BCUT2D eigenvalue weighted by Gasteiger charge is -2.32. The molecule has 2 aromatic carbocycles. The number of H-pyrrole nitrogens is 1. The van der Waals surface area contributed by atoms with Crippen molar-refractivity contribution in [2.24, 2.45) is 0 Å². The number of ether oxygens (including phenoxy) is 1. The highest BCUT2D eigenvalue weighted by molar-refractivity contribution is 7.80. The molecule has 3 aromatic rings. The van der Waals surface area contributed by atoms with E-state index in [-0.39, 0.29) is 0 Å². The summed E-state index contributed by atoms with van der Waals surface area (Å²) in [4.78, 5) is 10.3. The second-order valence-electron chi connectivity index (χ2n) is 7.19. The number of nitrogens with one attached hydrogen (secondary N) is 2. The van der Waals surface area contributed by atoms with Crippen molar-refractivity contribution < 1.29 is 4.74 Å². The number of para-hydroxylation sites is 2. The molecule has 28 heavy (non-hydrogen) atoms. The van der Waals surface area contributed by atoms with Crippen molar-refractivity contribution in [3.8, 4) is 5.75 Å². The van der Waals surface area contributed by atoms with Crippen LogP contribution in [-0.2, 0) is 6.42 Å². The molecular formula is C22H26N4OS. The SMILES string of the molecule is COc1cccc(N(C(=S)NCCc2nc3ccccc3[nH]2)C2CCCC2)c1. The number of hydrogen-bond acceptors (Lipinski definition) is 3. The van der Waals surface area contributed by atoms with Crippen LogP contribution in [0.15, 0.2) is 48.5 Å². The summed E-state index contributed by atoms with van der Waals surface area (Å²) in [5.41, 5.74) is 3.17. The molecule has 0 aliphatic heterocycles. The van der Waals surface area contributed by atoms with E-state index in [1.165, 1.54) is 25.7 Å². The van der Waals surface area contributed by atoms with Crippen molar-refractivity contribution in [3.63, 3.8) is 0 Å². The fourth-order valence-electron chi connectivity index (χ4n) is 3.91. The number of hydrogen-bond donors (Lipinski definition) is 2. The van der Waals surface area contributed by atoms with Gasteiger partial charge in [0.05, 0.1) is 18.1 Å². The third-order valence-corrected chi connectivity index (χ3v) is 5.66. The zero-order chi connectivity index (χ0) is 19.3. The number of aromatic amines is 1. The molecule has 1 aliphatic rings. The molecule has 1 aromatic heterocycles. The maximum Gasteiger partial charge on any atom is 0.173 e. The number of rotatable bonds is 6. The van der Waals surface area contributed by atoms with E-state index in [4.69, 9.17) is 17.0 Å². The zero-order valence-corrected chi connectivity index (χ0v) is 17.0. The van der Waals surface area contributed by atoms with Gasteiger partial charge in [-0.15, -0.1) is 0 Å². The standard InChI is InChI=1S/C22H26N4OS/c1-27-18-10-6-9-17(15-18)26(16-7-2-3-8-16)22(28)23-14-13-21-24-19-11-4-5-12-20(19)25-21/h4-6,9-12,15-16H,2-3,7-8,13-14H2,1H3,(H,23,28)(H,24,25). The van der Waals surface area contributed by atoms with Crippen LogP contribution in [0, 0.1) is 0 Å². The number of anilines is 1. The number of benzene rings is 2. The first-order valence-corrected chi connectivity index (χ1v) is 10.3. The molecule has 0 unspecified atom stereocenters. The Kier molecular flexibility index (Phi) is 5.76. The van der Waals surface area contributed by atoms with E-state index in [1.54, 1.807) is 7.11 Å². The number of methoxy groups -OCH3 is 1. The fourth-order valence-corrected chi connectivity index (χ4v) is 4.27. The monoisotopic (exact) mass is 394 g/mol. The van der Waals surface area contributed by atoms with Crippen LogP contribution in [0.2, 0.25) is 0 Å². The van der Waals surface area contributed by atoms with Gasteiger partial charge < -0.3 is 19.9 Å². The summed E-state index contributed by atoms with van der Waals surface area (Å²) in [6.07, 6.45) is 5.65. The third kappa shape index (κ3) is 4.12. The van der Waals surface area contributed by atoms with E-state index in [0.29, 0.717) is 6.04 Å². The number of thiocarbonyl (C=S) groups is 1. The number of nitrogens with zero attached hydrogens (tertiary/aromatic N) is 2. The van der Waals surface area contributed by atoms with Gasteiger partial charge in [-0.25, -0.2) is 4.98 Å². The predicted molar refractivity (Wildman–Crippen MR) is 118 cm³/mol. The Hall–Kier alpha value is -2.60. The largest absolute Gasteiger partial charge is 0.497 e. The van der Waals surface area contributed by atoms with Crippen LogP contribution in [0.1, 0.15) is 31.5 Å². The summed E-state index contributed by atoms with van der Waals surface area (Å²) in [7, 11) is 1.70. The minimum absolute atomic E-state index is 0.443. The predicted octanol–water partition coefficient (Wildman–Crippen LogP) is 4.44. The molecule has 0 saturated heterocycles. The van der Waals surface area contributed by atoms with Crippen LogP contribution < -0.4 is 15.0 Å². The smallest absolute Gasteiger partial charge is 0.173 e. The van der Waals surface area contributed by atoms with Crippen molar-refractivity contribution in [1.29, 1.82) is 0 Å². The second kappa shape index (κ2) is 8.61. The molecule has 0 amide bonds. The lowest BCUT2D eigenvalue weighted by atomic mass is 10.2. The van der Waals surface area contributed by atoms with Gasteiger partial charge in [-0.2, -0.15) is 0 Å². The molecule has 1 fully saturated rings. The number of aromatic nitrogens is 2. The van der Waals surface area contributed by atoms with E-state index in [1.807, 2.05) is 30.3 Å². The van der Waals surface area contributed by atoms with Crippen molar-refractivity contribution in [3.05, 3.63) is 54.4 Å². The van der Waals surface area contributed by atoms with Crippen molar-refractivity contribution >= 4 is 34.1 Å². The lowest BCUT2D eigenvalue weighted by molar-refractivity contribution is 0.415. The van der Waals surface area contributed by atoms with Gasteiger partial charge in [0.25, 0.3) is 0 Å². The number of fused-ring (bicyclic) bond motifs is 1. The molecule has 4 rings (SSSR count).